The van der Waals surface area contributed by atoms with Gasteiger partial charge in [0, 0.05) is 5.69 Å². The van der Waals surface area contributed by atoms with Gasteiger partial charge in [-0.2, -0.15) is 5.10 Å². The molecule has 0 aliphatic carbocycles. The van der Waals surface area contributed by atoms with E-state index in [1.807, 2.05) is 7.05 Å². The van der Waals surface area contributed by atoms with Gasteiger partial charge >= 0.3 is 0 Å². The summed E-state index contributed by atoms with van der Waals surface area (Å²) in [5.41, 5.74) is 6.20. The second kappa shape index (κ2) is 6.23. The average Bonchev–Trinajstić information content (AvgIpc) is 2.68. The van der Waals surface area contributed by atoms with Crippen molar-refractivity contribution >= 4 is 0 Å². The molecule has 0 saturated heterocycles. The lowest BCUT2D eigenvalue weighted by Gasteiger charge is -2.11. The van der Waals surface area contributed by atoms with E-state index in [1.165, 1.54) is 16.8 Å². The van der Waals surface area contributed by atoms with Crippen molar-refractivity contribution in [2.75, 3.05) is 13.6 Å². The van der Waals surface area contributed by atoms with E-state index >= 15 is 0 Å². The van der Waals surface area contributed by atoms with Gasteiger partial charge in [-0.15, -0.1) is 0 Å². The summed E-state index contributed by atoms with van der Waals surface area (Å²) < 4.78 is 2.07. The third-order valence-corrected chi connectivity index (χ3v) is 3.82. The molecule has 1 unspecified atom stereocenters. The zero-order valence-electron chi connectivity index (χ0n) is 13.2. The maximum atomic E-state index is 4.72. The molecule has 3 nitrogen and oxygen atoms in total. The Bertz CT molecular complexity index is 567. The summed E-state index contributed by atoms with van der Waals surface area (Å²) in [6.45, 7) is 9.70. The predicted molar refractivity (Wildman–Crippen MR) is 84.6 cm³/mol. The van der Waals surface area contributed by atoms with Gasteiger partial charge in [0.1, 0.15) is 0 Å². The van der Waals surface area contributed by atoms with Crippen LogP contribution in [0.1, 0.15) is 29.4 Å². The molecule has 108 valence electrons. The molecule has 1 aromatic carbocycles. The molecule has 0 amide bonds. The minimum Gasteiger partial charge on any atom is -0.319 e. The Balaban J connectivity index is 2.31. The minimum absolute atomic E-state index is 0.619. The highest BCUT2D eigenvalue weighted by Crippen LogP contribution is 2.21. The number of nitrogens with one attached hydrogen (secondary N) is 1. The fourth-order valence-electron chi connectivity index (χ4n) is 2.68. The Kier molecular flexibility index (Phi) is 4.61. The van der Waals surface area contributed by atoms with Crippen molar-refractivity contribution in [2.45, 2.75) is 34.1 Å². The lowest BCUT2D eigenvalue weighted by atomic mass is 9.99. The van der Waals surface area contributed by atoms with Crippen molar-refractivity contribution in [3.8, 4) is 5.69 Å². The molecule has 1 atom stereocenters. The van der Waals surface area contributed by atoms with Gasteiger partial charge in [0.25, 0.3) is 0 Å². The number of aromatic nitrogens is 2. The summed E-state index contributed by atoms with van der Waals surface area (Å²) in [7, 11) is 2.01. The Labute approximate surface area is 122 Å². The zero-order valence-corrected chi connectivity index (χ0v) is 13.2. The van der Waals surface area contributed by atoms with Gasteiger partial charge in [-0.25, -0.2) is 4.68 Å². The van der Waals surface area contributed by atoms with Crippen LogP contribution in [0.2, 0.25) is 0 Å². The van der Waals surface area contributed by atoms with Crippen LogP contribution >= 0.6 is 0 Å². The lowest BCUT2D eigenvalue weighted by Crippen LogP contribution is -2.18. The molecular formula is C17H25N3. The van der Waals surface area contributed by atoms with Crippen molar-refractivity contribution in [3.63, 3.8) is 0 Å². The molecule has 0 radical (unpaired) electrons. The largest absolute Gasteiger partial charge is 0.319 e. The van der Waals surface area contributed by atoms with Crippen LogP contribution in [0.5, 0.6) is 0 Å². The lowest BCUT2D eigenvalue weighted by molar-refractivity contribution is 0.539. The van der Waals surface area contributed by atoms with E-state index in [0.29, 0.717) is 5.92 Å². The van der Waals surface area contributed by atoms with Crippen LogP contribution in [0.4, 0.5) is 0 Å². The van der Waals surface area contributed by atoms with Crippen LogP contribution < -0.4 is 5.32 Å². The van der Waals surface area contributed by atoms with Crippen LogP contribution in [-0.4, -0.2) is 23.4 Å². The van der Waals surface area contributed by atoms with Crippen molar-refractivity contribution in [1.82, 2.24) is 15.1 Å². The summed E-state index contributed by atoms with van der Waals surface area (Å²) in [6, 6.07) is 8.54. The number of benzene rings is 1. The first-order valence-corrected chi connectivity index (χ1v) is 7.29. The molecule has 0 spiro atoms. The van der Waals surface area contributed by atoms with Gasteiger partial charge in [-0.1, -0.05) is 24.6 Å². The normalized spacial score (nSPS) is 12.7. The quantitative estimate of drug-likeness (QED) is 0.905. The topological polar surface area (TPSA) is 29.9 Å². The van der Waals surface area contributed by atoms with Crippen LogP contribution in [0.3, 0.4) is 0 Å². The number of hydrogen-bond acceptors (Lipinski definition) is 2. The highest BCUT2D eigenvalue weighted by molar-refractivity contribution is 5.38. The predicted octanol–water partition coefficient (Wildman–Crippen LogP) is 3.20. The summed E-state index contributed by atoms with van der Waals surface area (Å²) in [5, 5.41) is 7.96. The third-order valence-electron chi connectivity index (χ3n) is 3.82. The Morgan fingerprint density at radius 2 is 1.80 bits per heavy atom. The standard InChI is InChI=1S/C17H25N3/c1-12-6-8-16(9-7-12)20-15(4)17(14(3)19-20)10-13(2)11-18-5/h6-9,13,18H,10-11H2,1-5H3. The molecule has 0 aliphatic rings. The second-order valence-electron chi connectivity index (χ2n) is 5.76. The van der Waals surface area contributed by atoms with Crippen LogP contribution in [-0.2, 0) is 6.42 Å². The van der Waals surface area contributed by atoms with E-state index in [1.54, 1.807) is 0 Å². The Hall–Kier alpha value is -1.61. The molecule has 1 heterocycles. The maximum absolute atomic E-state index is 4.72. The summed E-state index contributed by atoms with van der Waals surface area (Å²) in [4.78, 5) is 0. The molecular weight excluding hydrogens is 246 g/mol. The molecule has 0 fully saturated rings. The van der Waals surface area contributed by atoms with E-state index in [2.05, 4.69) is 62.0 Å². The highest BCUT2D eigenvalue weighted by atomic mass is 15.3. The zero-order chi connectivity index (χ0) is 14.7. The number of rotatable bonds is 5. The van der Waals surface area contributed by atoms with Crippen molar-refractivity contribution in [2.24, 2.45) is 5.92 Å². The molecule has 2 aromatic rings. The number of hydrogen-bond donors (Lipinski definition) is 1. The first-order valence-electron chi connectivity index (χ1n) is 7.29. The van der Waals surface area contributed by atoms with Gasteiger partial charge in [0.2, 0.25) is 0 Å². The van der Waals surface area contributed by atoms with Crippen LogP contribution in [0.15, 0.2) is 24.3 Å². The molecule has 0 aliphatic heterocycles. The molecule has 1 N–H and O–H groups in total. The van der Waals surface area contributed by atoms with E-state index in [4.69, 9.17) is 5.10 Å². The Morgan fingerprint density at radius 3 is 2.40 bits per heavy atom. The summed E-state index contributed by atoms with van der Waals surface area (Å²) in [6.07, 6.45) is 1.07. The van der Waals surface area contributed by atoms with Gasteiger partial charge in [0.15, 0.2) is 0 Å². The van der Waals surface area contributed by atoms with E-state index in [0.717, 1.165) is 24.3 Å². The van der Waals surface area contributed by atoms with E-state index in [9.17, 15) is 0 Å². The fraction of sp³-hybridized carbons (Fsp3) is 0.471. The third kappa shape index (κ3) is 3.10. The molecule has 0 bridgehead atoms. The fourth-order valence-corrected chi connectivity index (χ4v) is 2.68. The van der Waals surface area contributed by atoms with E-state index < -0.39 is 0 Å². The van der Waals surface area contributed by atoms with Crippen molar-refractivity contribution in [1.29, 1.82) is 0 Å². The molecule has 1 aromatic heterocycles. The molecule has 0 saturated carbocycles. The number of nitrogens with zero attached hydrogens (tertiary/aromatic N) is 2. The smallest absolute Gasteiger partial charge is 0.0649 e. The average molecular weight is 271 g/mol. The number of aryl methyl sites for hydroxylation is 2. The van der Waals surface area contributed by atoms with Gasteiger partial charge < -0.3 is 5.32 Å². The van der Waals surface area contributed by atoms with Crippen molar-refractivity contribution in [3.05, 3.63) is 46.8 Å². The van der Waals surface area contributed by atoms with Gasteiger partial charge in [-0.3, -0.25) is 0 Å². The molecule has 3 heteroatoms. The second-order valence-corrected chi connectivity index (χ2v) is 5.76. The summed E-state index contributed by atoms with van der Waals surface area (Å²) in [5.74, 6) is 0.619. The summed E-state index contributed by atoms with van der Waals surface area (Å²) >= 11 is 0. The van der Waals surface area contributed by atoms with Crippen LogP contribution in [0.25, 0.3) is 5.69 Å². The van der Waals surface area contributed by atoms with Gasteiger partial charge in [0.05, 0.1) is 11.4 Å². The van der Waals surface area contributed by atoms with Crippen molar-refractivity contribution < 1.29 is 0 Å². The first kappa shape index (κ1) is 14.8. The van der Waals surface area contributed by atoms with E-state index in [-0.39, 0.29) is 0 Å². The van der Waals surface area contributed by atoms with Gasteiger partial charge in [-0.05, 0) is 64.4 Å². The minimum atomic E-state index is 0.619. The van der Waals surface area contributed by atoms with Crippen LogP contribution in [0, 0.1) is 26.7 Å². The first-order chi connectivity index (χ1) is 9.52. The highest BCUT2D eigenvalue weighted by Gasteiger charge is 2.15. The molecule has 20 heavy (non-hydrogen) atoms. The SMILES string of the molecule is CNCC(C)Cc1c(C)nn(-c2ccc(C)cc2)c1C. The monoisotopic (exact) mass is 271 g/mol. The molecule has 2 rings (SSSR count). The Morgan fingerprint density at radius 1 is 1.15 bits per heavy atom. The maximum Gasteiger partial charge on any atom is 0.0649 e.